The van der Waals surface area contributed by atoms with E-state index in [1.54, 1.807) is 6.33 Å². The third-order valence-corrected chi connectivity index (χ3v) is 7.35. The number of nitrogens with one attached hydrogen (secondary N) is 2. The lowest BCUT2D eigenvalue weighted by Gasteiger charge is -2.28. The second-order valence-electron chi connectivity index (χ2n) is 7.73. The van der Waals surface area contributed by atoms with E-state index in [4.69, 9.17) is 0 Å². The standard InChI is InChI=1S/C20H26N4O2S/c1-13(2)19(24-20-16-11-21-8-7-17(16)22-12-23-20)15-6-5-14-4-3-9-27(25,26)18(14)10-15/h5-6,10,12-13,19,21H,3-4,7-9,11H2,1-2H3,(H,22,23,24)/t19-/m0/s1. The van der Waals surface area contributed by atoms with Gasteiger partial charge in [-0.25, -0.2) is 18.4 Å². The molecule has 2 aliphatic rings. The fraction of sp³-hybridized carbons (Fsp3) is 0.500. The number of anilines is 1. The molecule has 144 valence electrons. The smallest absolute Gasteiger partial charge is 0.178 e. The molecule has 0 fully saturated rings. The zero-order valence-corrected chi connectivity index (χ0v) is 16.6. The first-order chi connectivity index (χ1) is 13.0. The molecule has 0 saturated carbocycles. The number of hydrogen-bond acceptors (Lipinski definition) is 6. The van der Waals surface area contributed by atoms with Gasteiger partial charge in [0.2, 0.25) is 0 Å². The molecular weight excluding hydrogens is 360 g/mol. The summed E-state index contributed by atoms with van der Waals surface area (Å²) in [5, 5.41) is 6.95. The highest BCUT2D eigenvalue weighted by Crippen LogP contribution is 2.33. The van der Waals surface area contributed by atoms with Crippen LogP contribution in [0.3, 0.4) is 0 Å². The van der Waals surface area contributed by atoms with Gasteiger partial charge in [-0.3, -0.25) is 0 Å². The van der Waals surface area contributed by atoms with Crippen LogP contribution in [0.1, 0.15) is 48.7 Å². The molecule has 0 unspecified atom stereocenters. The van der Waals surface area contributed by atoms with Gasteiger partial charge in [0.05, 0.1) is 22.4 Å². The minimum atomic E-state index is -3.17. The maximum absolute atomic E-state index is 12.5. The lowest BCUT2D eigenvalue weighted by atomic mass is 9.94. The molecule has 7 heteroatoms. The van der Waals surface area contributed by atoms with Gasteiger partial charge in [-0.1, -0.05) is 26.0 Å². The molecule has 0 bridgehead atoms. The summed E-state index contributed by atoms with van der Waals surface area (Å²) in [6.07, 6.45) is 4.05. The number of aryl methyl sites for hydroxylation is 1. The fourth-order valence-electron chi connectivity index (χ4n) is 4.00. The Kier molecular flexibility index (Phi) is 4.90. The summed E-state index contributed by atoms with van der Waals surface area (Å²) < 4.78 is 25.0. The molecule has 2 N–H and O–H groups in total. The van der Waals surface area contributed by atoms with Gasteiger partial charge in [0.15, 0.2) is 9.84 Å². The predicted molar refractivity (Wildman–Crippen MR) is 105 cm³/mol. The summed E-state index contributed by atoms with van der Waals surface area (Å²) in [6.45, 7) is 5.96. The van der Waals surface area contributed by atoms with E-state index in [1.807, 2.05) is 12.1 Å². The fourth-order valence-corrected chi connectivity index (χ4v) is 5.63. The summed E-state index contributed by atoms with van der Waals surface area (Å²) in [6, 6.07) is 5.89. The van der Waals surface area contributed by atoms with Crippen LogP contribution in [0.2, 0.25) is 0 Å². The van der Waals surface area contributed by atoms with Crippen LogP contribution in [0.25, 0.3) is 0 Å². The summed E-state index contributed by atoms with van der Waals surface area (Å²) in [5.74, 6) is 1.36. The maximum Gasteiger partial charge on any atom is 0.178 e. The quantitative estimate of drug-likeness (QED) is 0.840. The van der Waals surface area contributed by atoms with Gasteiger partial charge in [0.1, 0.15) is 12.1 Å². The van der Waals surface area contributed by atoms with Crippen molar-refractivity contribution < 1.29 is 8.42 Å². The average molecular weight is 387 g/mol. The number of benzene rings is 1. The first-order valence-electron chi connectivity index (χ1n) is 9.61. The van der Waals surface area contributed by atoms with E-state index in [9.17, 15) is 8.42 Å². The normalized spacial score (nSPS) is 19.2. The third kappa shape index (κ3) is 3.58. The lowest BCUT2D eigenvalue weighted by Crippen LogP contribution is -2.27. The van der Waals surface area contributed by atoms with E-state index >= 15 is 0 Å². The Labute approximate surface area is 160 Å². The van der Waals surface area contributed by atoms with Gasteiger partial charge in [0.25, 0.3) is 0 Å². The van der Waals surface area contributed by atoms with Crippen molar-refractivity contribution in [1.82, 2.24) is 15.3 Å². The SMILES string of the molecule is CC(C)[C@H](Nc1ncnc2c1CNCC2)c1ccc2c(c1)S(=O)(=O)CCC2. The Morgan fingerprint density at radius 3 is 2.85 bits per heavy atom. The van der Waals surface area contributed by atoms with Gasteiger partial charge >= 0.3 is 0 Å². The molecule has 0 radical (unpaired) electrons. The molecule has 2 aliphatic heterocycles. The maximum atomic E-state index is 12.5. The Morgan fingerprint density at radius 1 is 1.19 bits per heavy atom. The highest BCUT2D eigenvalue weighted by atomic mass is 32.2. The Bertz CT molecular complexity index is 956. The van der Waals surface area contributed by atoms with Crippen molar-refractivity contribution in [2.75, 3.05) is 17.6 Å². The number of sulfone groups is 1. The van der Waals surface area contributed by atoms with E-state index in [0.717, 1.165) is 54.1 Å². The predicted octanol–water partition coefficient (Wildman–Crippen LogP) is 2.65. The van der Waals surface area contributed by atoms with Crippen LogP contribution >= 0.6 is 0 Å². The van der Waals surface area contributed by atoms with E-state index in [-0.39, 0.29) is 17.7 Å². The van der Waals surface area contributed by atoms with Crippen molar-refractivity contribution in [2.24, 2.45) is 5.92 Å². The van der Waals surface area contributed by atoms with Gasteiger partial charge in [-0.2, -0.15) is 0 Å². The van der Waals surface area contributed by atoms with Crippen molar-refractivity contribution in [1.29, 1.82) is 0 Å². The molecule has 1 atom stereocenters. The molecule has 6 nitrogen and oxygen atoms in total. The highest BCUT2D eigenvalue weighted by molar-refractivity contribution is 7.91. The van der Waals surface area contributed by atoms with E-state index in [0.29, 0.717) is 11.3 Å². The van der Waals surface area contributed by atoms with Crippen LogP contribution in [-0.4, -0.2) is 30.7 Å². The Hall–Kier alpha value is -1.99. The topological polar surface area (TPSA) is 84.0 Å². The van der Waals surface area contributed by atoms with Gasteiger partial charge in [-0.15, -0.1) is 0 Å². The number of fused-ring (bicyclic) bond motifs is 2. The zero-order valence-electron chi connectivity index (χ0n) is 15.8. The summed E-state index contributed by atoms with van der Waals surface area (Å²) in [4.78, 5) is 9.39. The van der Waals surface area contributed by atoms with Crippen molar-refractivity contribution >= 4 is 15.7 Å². The van der Waals surface area contributed by atoms with Crippen molar-refractivity contribution in [3.63, 3.8) is 0 Å². The Balaban J connectivity index is 1.71. The van der Waals surface area contributed by atoms with Gasteiger partial charge in [0, 0.05) is 25.1 Å². The second kappa shape index (κ2) is 7.20. The first-order valence-corrected chi connectivity index (χ1v) is 11.3. The first kappa shape index (κ1) is 18.4. The molecule has 27 heavy (non-hydrogen) atoms. The van der Waals surface area contributed by atoms with Crippen LogP contribution in [-0.2, 0) is 29.2 Å². The van der Waals surface area contributed by atoms with Crippen LogP contribution in [0.15, 0.2) is 29.4 Å². The summed E-state index contributed by atoms with van der Waals surface area (Å²) in [5.41, 5.74) is 4.13. The molecular formula is C20H26N4O2S. The van der Waals surface area contributed by atoms with Crippen LogP contribution < -0.4 is 10.6 Å². The average Bonchev–Trinajstić information content (AvgIpc) is 2.66. The molecule has 1 aromatic heterocycles. The number of nitrogens with zero attached hydrogens (tertiary/aromatic N) is 2. The van der Waals surface area contributed by atoms with E-state index < -0.39 is 9.84 Å². The molecule has 2 aromatic rings. The van der Waals surface area contributed by atoms with E-state index in [2.05, 4.69) is 40.5 Å². The molecule has 0 saturated heterocycles. The summed E-state index contributed by atoms with van der Waals surface area (Å²) >= 11 is 0. The largest absolute Gasteiger partial charge is 0.363 e. The molecule has 0 spiro atoms. The van der Waals surface area contributed by atoms with Crippen molar-refractivity contribution in [3.8, 4) is 0 Å². The number of aromatic nitrogens is 2. The highest BCUT2D eigenvalue weighted by Gasteiger charge is 2.27. The molecule has 3 heterocycles. The minimum absolute atomic E-state index is 0.0200. The monoisotopic (exact) mass is 386 g/mol. The summed E-state index contributed by atoms with van der Waals surface area (Å²) in [7, 11) is -3.17. The third-order valence-electron chi connectivity index (χ3n) is 5.48. The van der Waals surface area contributed by atoms with Crippen molar-refractivity contribution in [2.45, 2.75) is 50.6 Å². The number of hydrogen-bond donors (Lipinski definition) is 2. The van der Waals surface area contributed by atoms with Gasteiger partial charge < -0.3 is 10.6 Å². The molecule has 0 amide bonds. The van der Waals surface area contributed by atoms with Crippen LogP contribution in [0.5, 0.6) is 0 Å². The number of rotatable bonds is 4. The molecule has 0 aliphatic carbocycles. The minimum Gasteiger partial charge on any atom is -0.363 e. The van der Waals surface area contributed by atoms with Crippen molar-refractivity contribution in [3.05, 3.63) is 46.9 Å². The van der Waals surface area contributed by atoms with Crippen LogP contribution in [0.4, 0.5) is 5.82 Å². The molecule has 4 rings (SSSR count). The van der Waals surface area contributed by atoms with Gasteiger partial charge in [-0.05, 0) is 36.0 Å². The zero-order chi connectivity index (χ0) is 19.0. The van der Waals surface area contributed by atoms with Crippen LogP contribution in [0, 0.1) is 5.92 Å². The Morgan fingerprint density at radius 2 is 2.04 bits per heavy atom. The molecule has 1 aromatic carbocycles. The second-order valence-corrected chi connectivity index (χ2v) is 9.81. The lowest BCUT2D eigenvalue weighted by molar-refractivity contribution is 0.539. The van der Waals surface area contributed by atoms with E-state index in [1.165, 1.54) is 0 Å².